The molecule has 2 N–H and O–H groups in total. The Balaban J connectivity index is 1.81. The van der Waals surface area contributed by atoms with Gasteiger partial charge < -0.3 is 0 Å². The first-order chi connectivity index (χ1) is 13.4. The molecule has 2 amide bonds. The average Bonchev–Trinajstić information content (AvgIpc) is 2.66. The van der Waals surface area contributed by atoms with Crippen LogP contribution >= 0.6 is 0 Å². The Kier molecular flexibility index (Phi) is 5.35. The number of nitrogens with zero attached hydrogens (tertiary/aromatic N) is 2. The minimum Gasteiger partial charge on any atom is -0.287 e. The topological polar surface area (TPSA) is 93.1 Å². The van der Waals surface area contributed by atoms with E-state index >= 15 is 0 Å². The number of carbonyl (C=O) groups excluding carboxylic acids is 2. The lowest BCUT2D eigenvalue weighted by atomic mass is 10.1. The molecule has 3 rings (SSSR count). The Bertz CT molecular complexity index is 1100. The summed E-state index contributed by atoms with van der Waals surface area (Å²) in [6, 6.07) is 15.8. The number of amides is 2. The Morgan fingerprint density at radius 2 is 1.57 bits per heavy atom. The number of para-hydroxylation sites is 1. The van der Waals surface area contributed by atoms with E-state index < -0.39 is 17.2 Å². The highest BCUT2D eigenvalue weighted by molar-refractivity contribution is 5.99. The van der Waals surface area contributed by atoms with Crippen molar-refractivity contribution in [3.63, 3.8) is 0 Å². The second-order valence-corrected chi connectivity index (χ2v) is 6.47. The zero-order chi connectivity index (χ0) is 20.3. The molecule has 7 heteroatoms. The number of carbonyl (C=O) groups is 2. The molecule has 0 aliphatic rings. The molecule has 0 aliphatic heterocycles. The van der Waals surface area contributed by atoms with Crippen LogP contribution in [0.3, 0.4) is 0 Å². The molecule has 0 atom stereocenters. The van der Waals surface area contributed by atoms with Gasteiger partial charge in [0.2, 0.25) is 5.43 Å². The predicted octanol–water partition coefficient (Wildman–Crippen LogP) is 2.23. The van der Waals surface area contributed by atoms with Gasteiger partial charge in [-0.1, -0.05) is 35.9 Å². The molecule has 0 aliphatic carbocycles. The maximum Gasteiger partial charge on any atom is 0.294 e. The maximum absolute atomic E-state index is 12.4. The highest BCUT2D eigenvalue weighted by atomic mass is 16.2. The maximum atomic E-state index is 12.4. The van der Waals surface area contributed by atoms with Crippen LogP contribution in [-0.2, 0) is 0 Å². The molecule has 0 spiro atoms. The van der Waals surface area contributed by atoms with E-state index in [9.17, 15) is 14.4 Å². The minimum absolute atomic E-state index is 0.310. The van der Waals surface area contributed by atoms with Crippen molar-refractivity contribution in [2.75, 3.05) is 0 Å². The summed E-state index contributed by atoms with van der Waals surface area (Å²) < 4.78 is 1.50. The largest absolute Gasteiger partial charge is 0.294 e. The minimum atomic E-state index is -0.784. The van der Waals surface area contributed by atoms with Gasteiger partial charge in [0.1, 0.15) is 0 Å². The molecule has 0 bridgehead atoms. The van der Waals surface area contributed by atoms with Gasteiger partial charge in [-0.2, -0.15) is 5.10 Å². The fourth-order valence-corrected chi connectivity index (χ4v) is 2.84. The van der Waals surface area contributed by atoms with Gasteiger partial charge in [0.15, 0.2) is 5.69 Å². The van der Waals surface area contributed by atoms with Crippen LogP contribution in [-0.4, -0.2) is 21.6 Å². The summed E-state index contributed by atoms with van der Waals surface area (Å²) in [5.74, 6) is -1.26. The van der Waals surface area contributed by atoms with E-state index in [2.05, 4.69) is 16.0 Å². The highest BCUT2D eigenvalue weighted by Crippen LogP contribution is 2.10. The lowest BCUT2D eigenvalue weighted by Gasteiger charge is -2.12. The van der Waals surface area contributed by atoms with Crippen molar-refractivity contribution in [2.24, 2.45) is 0 Å². The fraction of sp³-hybridized carbons (Fsp3) is 0.143. The van der Waals surface area contributed by atoms with Crippen molar-refractivity contribution in [1.29, 1.82) is 0 Å². The zero-order valence-corrected chi connectivity index (χ0v) is 15.8. The van der Waals surface area contributed by atoms with E-state index in [0.29, 0.717) is 16.9 Å². The van der Waals surface area contributed by atoms with Crippen LogP contribution < -0.4 is 16.3 Å². The quantitative estimate of drug-likeness (QED) is 0.686. The molecule has 2 aromatic carbocycles. The standard InChI is InChI=1S/C21H20N4O3/c1-13-9-10-17(14(2)11-13)20(27)22-23-21(28)19-18(26)12-15(3)25(24-19)16-7-5-4-6-8-16/h4-12H,1-3H3,(H,22,27)(H,23,28). The molecular weight excluding hydrogens is 356 g/mol. The first-order valence-electron chi connectivity index (χ1n) is 8.71. The summed E-state index contributed by atoms with van der Waals surface area (Å²) in [5, 5.41) is 4.16. The molecule has 0 unspecified atom stereocenters. The molecule has 1 heterocycles. The van der Waals surface area contributed by atoms with Crippen molar-refractivity contribution in [3.05, 3.63) is 92.9 Å². The molecule has 3 aromatic rings. The van der Waals surface area contributed by atoms with Gasteiger partial charge in [-0.05, 0) is 44.5 Å². The molecule has 0 saturated carbocycles. The number of nitrogens with one attached hydrogen (secondary N) is 2. The summed E-state index contributed by atoms with van der Waals surface area (Å²) >= 11 is 0. The van der Waals surface area contributed by atoms with Crippen molar-refractivity contribution < 1.29 is 9.59 Å². The van der Waals surface area contributed by atoms with E-state index in [1.165, 1.54) is 10.7 Å². The van der Waals surface area contributed by atoms with Gasteiger partial charge in [-0.25, -0.2) is 4.68 Å². The smallest absolute Gasteiger partial charge is 0.287 e. The van der Waals surface area contributed by atoms with Crippen LogP contribution in [0.4, 0.5) is 0 Å². The number of rotatable bonds is 3. The summed E-state index contributed by atoms with van der Waals surface area (Å²) in [4.78, 5) is 37.0. The molecular formula is C21H20N4O3. The third-order valence-electron chi connectivity index (χ3n) is 4.24. The Morgan fingerprint density at radius 1 is 0.893 bits per heavy atom. The van der Waals surface area contributed by atoms with E-state index in [1.807, 2.05) is 56.3 Å². The van der Waals surface area contributed by atoms with Crippen molar-refractivity contribution >= 4 is 11.8 Å². The van der Waals surface area contributed by atoms with Crippen molar-refractivity contribution in [3.8, 4) is 5.69 Å². The van der Waals surface area contributed by atoms with Gasteiger partial charge >= 0.3 is 0 Å². The number of aryl methyl sites for hydroxylation is 3. The molecule has 1 aromatic heterocycles. The van der Waals surface area contributed by atoms with Crippen LogP contribution in [0.15, 0.2) is 59.4 Å². The Labute approximate surface area is 162 Å². The van der Waals surface area contributed by atoms with Gasteiger partial charge in [0.05, 0.1) is 5.69 Å². The monoisotopic (exact) mass is 376 g/mol. The van der Waals surface area contributed by atoms with E-state index in [4.69, 9.17) is 0 Å². The zero-order valence-electron chi connectivity index (χ0n) is 15.8. The summed E-state index contributed by atoms with van der Waals surface area (Å²) in [7, 11) is 0. The number of benzene rings is 2. The first kappa shape index (κ1) is 19.0. The third-order valence-corrected chi connectivity index (χ3v) is 4.24. The normalized spacial score (nSPS) is 10.4. The van der Waals surface area contributed by atoms with Crippen LogP contribution in [0.25, 0.3) is 5.69 Å². The highest BCUT2D eigenvalue weighted by Gasteiger charge is 2.17. The number of aromatic nitrogens is 2. The van der Waals surface area contributed by atoms with Crippen LogP contribution in [0.5, 0.6) is 0 Å². The second kappa shape index (κ2) is 7.87. The fourth-order valence-electron chi connectivity index (χ4n) is 2.84. The Morgan fingerprint density at radius 3 is 2.25 bits per heavy atom. The Hall–Kier alpha value is -3.74. The van der Waals surface area contributed by atoms with Crippen molar-refractivity contribution in [1.82, 2.24) is 20.6 Å². The number of hydrazine groups is 1. The molecule has 0 saturated heterocycles. The summed E-state index contributed by atoms with van der Waals surface area (Å²) in [6.45, 7) is 5.46. The van der Waals surface area contributed by atoms with Crippen LogP contribution in [0, 0.1) is 20.8 Å². The molecule has 7 nitrogen and oxygen atoms in total. The predicted molar refractivity (Wildman–Crippen MR) is 105 cm³/mol. The first-order valence-corrected chi connectivity index (χ1v) is 8.71. The molecule has 0 radical (unpaired) electrons. The average molecular weight is 376 g/mol. The van der Waals surface area contributed by atoms with E-state index in [1.54, 1.807) is 13.0 Å². The van der Waals surface area contributed by atoms with Crippen molar-refractivity contribution in [2.45, 2.75) is 20.8 Å². The third kappa shape index (κ3) is 3.98. The number of hydrogen-bond donors (Lipinski definition) is 2. The molecule has 142 valence electrons. The summed E-state index contributed by atoms with van der Waals surface area (Å²) in [6.07, 6.45) is 0. The van der Waals surface area contributed by atoms with Crippen LogP contribution in [0.2, 0.25) is 0 Å². The molecule has 28 heavy (non-hydrogen) atoms. The second-order valence-electron chi connectivity index (χ2n) is 6.47. The van der Waals surface area contributed by atoms with Gasteiger partial charge in [0.25, 0.3) is 11.8 Å². The van der Waals surface area contributed by atoms with Gasteiger partial charge in [-0.3, -0.25) is 25.2 Å². The van der Waals surface area contributed by atoms with Crippen LogP contribution in [0.1, 0.15) is 37.7 Å². The van der Waals surface area contributed by atoms with Gasteiger partial charge in [0, 0.05) is 17.3 Å². The summed E-state index contributed by atoms with van der Waals surface area (Å²) in [5.41, 5.74) is 7.32. The number of hydrogen-bond acceptors (Lipinski definition) is 4. The van der Waals surface area contributed by atoms with Gasteiger partial charge in [-0.15, -0.1) is 0 Å². The lowest BCUT2D eigenvalue weighted by Crippen LogP contribution is -2.44. The SMILES string of the molecule is Cc1ccc(C(=O)NNC(=O)c2nn(-c3ccccc3)c(C)cc2=O)c(C)c1. The molecule has 0 fully saturated rings. The lowest BCUT2D eigenvalue weighted by molar-refractivity contribution is 0.0842. The van der Waals surface area contributed by atoms with E-state index in [-0.39, 0.29) is 5.69 Å². The van der Waals surface area contributed by atoms with E-state index in [0.717, 1.165) is 11.1 Å².